The fourth-order valence-corrected chi connectivity index (χ4v) is 1.56. The molecule has 0 amide bonds. The van der Waals surface area contributed by atoms with Crippen molar-refractivity contribution >= 4 is 17.6 Å². The zero-order valence-electron chi connectivity index (χ0n) is 9.97. The van der Waals surface area contributed by atoms with E-state index in [9.17, 15) is 4.79 Å². The van der Waals surface area contributed by atoms with Gasteiger partial charge in [-0.15, -0.1) is 0 Å². The van der Waals surface area contributed by atoms with E-state index in [0.29, 0.717) is 29.8 Å². The topological polar surface area (TPSA) is 88.2 Å². The molecule has 100 valence electrons. The Hall–Kier alpha value is -1.92. The summed E-state index contributed by atoms with van der Waals surface area (Å²) in [5, 5.41) is 15.8. The highest BCUT2D eigenvalue weighted by molar-refractivity contribution is 6.30. The average molecular weight is 282 g/mol. The van der Waals surface area contributed by atoms with Gasteiger partial charge >= 0.3 is 5.97 Å². The monoisotopic (exact) mass is 281 g/mol. The van der Waals surface area contributed by atoms with Crippen LogP contribution in [0.4, 0.5) is 0 Å². The molecule has 0 unspecified atom stereocenters. The van der Waals surface area contributed by atoms with Crippen LogP contribution in [0.3, 0.4) is 0 Å². The Morgan fingerprint density at radius 3 is 2.79 bits per heavy atom. The van der Waals surface area contributed by atoms with Crippen molar-refractivity contribution in [3.05, 3.63) is 35.1 Å². The molecule has 0 fully saturated rings. The SMILES string of the molecule is O=C(O)CCNCc1noc(-c2ccc(Cl)cc2)n1. The maximum atomic E-state index is 10.3. The van der Waals surface area contributed by atoms with Gasteiger partial charge in [0.15, 0.2) is 5.82 Å². The minimum atomic E-state index is -0.845. The Morgan fingerprint density at radius 1 is 1.37 bits per heavy atom. The first-order chi connectivity index (χ1) is 9.15. The molecule has 1 heterocycles. The van der Waals surface area contributed by atoms with Gasteiger partial charge in [-0.25, -0.2) is 0 Å². The van der Waals surface area contributed by atoms with Crippen LogP contribution in [0.1, 0.15) is 12.2 Å². The minimum Gasteiger partial charge on any atom is -0.481 e. The van der Waals surface area contributed by atoms with Gasteiger partial charge in [0.2, 0.25) is 0 Å². The molecule has 1 aromatic heterocycles. The molecule has 19 heavy (non-hydrogen) atoms. The van der Waals surface area contributed by atoms with Crippen molar-refractivity contribution in [3.8, 4) is 11.5 Å². The number of hydrogen-bond donors (Lipinski definition) is 2. The van der Waals surface area contributed by atoms with Crippen LogP contribution in [0.2, 0.25) is 5.02 Å². The molecule has 0 aliphatic rings. The lowest BCUT2D eigenvalue weighted by molar-refractivity contribution is -0.136. The molecule has 2 rings (SSSR count). The van der Waals surface area contributed by atoms with Crippen LogP contribution < -0.4 is 5.32 Å². The number of aliphatic carboxylic acids is 1. The first kappa shape index (κ1) is 13.5. The first-order valence-corrected chi connectivity index (χ1v) is 6.04. The number of nitrogens with one attached hydrogen (secondary N) is 1. The predicted octanol–water partition coefficient (Wildman–Crippen LogP) is 1.95. The summed E-state index contributed by atoms with van der Waals surface area (Å²) in [5.41, 5.74) is 0.786. The molecule has 0 radical (unpaired) electrons. The summed E-state index contributed by atoms with van der Waals surface area (Å²) in [7, 11) is 0. The second kappa shape index (κ2) is 6.31. The van der Waals surface area contributed by atoms with Crippen LogP contribution in [0, 0.1) is 0 Å². The quantitative estimate of drug-likeness (QED) is 0.787. The van der Waals surface area contributed by atoms with Crippen LogP contribution in [0.15, 0.2) is 28.8 Å². The first-order valence-electron chi connectivity index (χ1n) is 5.66. The highest BCUT2D eigenvalue weighted by Gasteiger charge is 2.08. The summed E-state index contributed by atoms with van der Waals surface area (Å²) in [6.07, 6.45) is 0.0574. The molecule has 1 aromatic carbocycles. The van der Waals surface area contributed by atoms with Gasteiger partial charge in [0.05, 0.1) is 13.0 Å². The standard InChI is InChI=1S/C12H12ClN3O3/c13-9-3-1-8(2-4-9)12-15-10(16-19-12)7-14-6-5-11(17)18/h1-4,14H,5-7H2,(H,17,18). The zero-order chi connectivity index (χ0) is 13.7. The third-order valence-electron chi connectivity index (χ3n) is 2.36. The Morgan fingerprint density at radius 2 is 2.11 bits per heavy atom. The molecule has 7 heteroatoms. The Kier molecular flexibility index (Phi) is 4.48. The lowest BCUT2D eigenvalue weighted by Gasteiger charge is -1.97. The van der Waals surface area contributed by atoms with Gasteiger partial charge in [-0.2, -0.15) is 4.98 Å². The highest BCUT2D eigenvalue weighted by atomic mass is 35.5. The number of rotatable bonds is 6. The van der Waals surface area contributed by atoms with E-state index in [-0.39, 0.29) is 6.42 Å². The number of carbonyl (C=O) groups is 1. The third-order valence-corrected chi connectivity index (χ3v) is 2.61. The molecule has 0 aliphatic heterocycles. The lowest BCUT2D eigenvalue weighted by Crippen LogP contribution is -2.18. The predicted molar refractivity (Wildman–Crippen MR) is 68.7 cm³/mol. The molecule has 0 bridgehead atoms. The highest BCUT2D eigenvalue weighted by Crippen LogP contribution is 2.19. The number of carboxylic acids is 1. The lowest BCUT2D eigenvalue weighted by atomic mass is 10.2. The summed E-state index contributed by atoms with van der Waals surface area (Å²) in [6.45, 7) is 0.727. The Bertz CT molecular complexity index is 554. The smallest absolute Gasteiger partial charge is 0.304 e. The molecule has 0 saturated carbocycles. The Balaban J connectivity index is 1.91. The largest absolute Gasteiger partial charge is 0.481 e. The van der Waals surface area contributed by atoms with Gasteiger partial charge in [-0.3, -0.25) is 4.79 Å². The number of nitrogens with zero attached hydrogens (tertiary/aromatic N) is 2. The van der Waals surface area contributed by atoms with Gasteiger partial charge in [0.1, 0.15) is 0 Å². The van der Waals surface area contributed by atoms with Crippen LogP contribution in [0.5, 0.6) is 0 Å². The van der Waals surface area contributed by atoms with Gasteiger partial charge in [-0.05, 0) is 24.3 Å². The minimum absolute atomic E-state index is 0.0574. The number of hydrogen-bond acceptors (Lipinski definition) is 5. The van der Waals surface area contributed by atoms with E-state index in [1.807, 2.05) is 0 Å². The van der Waals surface area contributed by atoms with Crippen LogP contribution in [-0.2, 0) is 11.3 Å². The molecule has 0 atom stereocenters. The number of halogens is 1. The fourth-order valence-electron chi connectivity index (χ4n) is 1.43. The van der Waals surface area contributed by atoms with Crippen molar-refractivity contribution < 1.29 is 14.4 Å². The van der Waals surface area contributed by atoms with E-state index < -0.39 is 5.97 Å². The molecule has 0 spiro atoms. The van der Waals surface area contributed by atoms with Gasteiger partial charge in [-0.1, -0.05) is 16.8 Å². The molecule has 2 N–H and O–H groups in total. The molecule has 2 aromatic rings. The van der Waals surface area contributed by atoms with Crippen molar-refractivity contribution in [2.45, 2.75) is 13.0 Å². The van der Waals surface area contributed by atoms with Crippen LogP contribution in [-0.4, -0.2) is 27.8 Å². The van der Waals surface area contributed by atoms with E-state index in [0.717, 1.165) is 5.56 Å². The van der Waals surface area contributed by atoms with Gasteiger partial charge < -0.3 is 14.9 Å². The summed E-state index contributed by atoms with van der Waals surface area (Å²) < 4.78 is 5.11. The normalized spacial score (nSPS) is 10.6. The second-order valence-electron chi connectivity index (χ2n) is 3.84. The summed E-state index contributed by atoms with van der Waals surface area (Å²) in [6, 6.07) is 7.06. The van der Waals surface area contributed by atoms with Crippen molar-refractivity contribution in [3.63, 3.8) is 0 Å². The summed E-state index contributed by atoms with van der Waals surface area (Å²) >= 11 is 5.79. The number of aromatic nitrogens is 2. The van der Waals surface area contributed by atoms with Crippen molar-refractivity contribution in [1.29, 1.82) is 0 Å². The summed E-state index contributed by atoms with van der Waals surface area (Å²) in [5.74, 6) is 0.0458. The Labute approximate surface area is 114 Å². The molecule has 0 saturated heterocycles. The second-order valence-corrected chi connectivity index (χ2v) is 4.28. The van der Waals surface area contributed by atoms with Gasteiger partial charge in [0.25, 0.3) is 5.89 Å². The number of benzene rings is 1. The van der Waals surface area contributed by atoms with Crippen molar-refractivity contribution in [2.24, 2.45) is 0 Å². The zero-order valence-corrected chi connectivity index (χ0v) is 10.7. The molecular weight excluding hydrogens is 270 g/mol. The summed E-state index contributed by atoms with van der Waals surface area (Å²) in [4.78, 5) is 14.5. The molecule has 6 nitrogen and oxygen atoms in total. The third kappa shape index (κ3) is 4.04. The van der Waals surface area contributed by atoms with Gasteiger partial charge in [0, 0.05) is 17.1 Å². The van der Waals surface area contributed by atoms with E-state index in [4.69, 9.17) is 21.2 Å². The van der Waals surface area contributed by atoms with E-state index in [2.05, 4.69) is 15.5 Å². The van der Waals surface area contributed by atoms with Crippen LogP contribution >= 0.6 is 11.6 Å². The van der Waals surface area contributed by atoms with E-state index in [1.54, 1.807) is 24.3 Å². The maximum Gasteiger partial charge on any atom is 0.304 e. The maximum absolute atomic E-state index is 10.3. The van der Waals surface area contributed by atoms with E-state index in [1.165, 1.54) is 0 Å². The van der Waals surface area contributed by atoms with Crippen LogP contribution in [0.25, 0.3) is 11.5 Å². The van der Waals surface area contributed by atoms with E-state index >= 15 is 0 Å². The molecule has 0 aliphatic carbocycles. The number of carboxylic acid groups (broad SMARTS) is 1. The fraction of sp³-hybridized carbons (Fsp3) is 0.250. The average Bonchev–Trinajstić information content (AvgIpc) is 2.84. The molecular formula is C12H12ClN3O3. The van der Waals surface area contributed by atoms with Crippen molar-refractivity contribution in [1.82, 2.24) is 15.5 Å². The van der Waals surface area contributed by atoms with Crippen molar-refractivity contribution in [2.75, 3.05) is 6.54 Å².